The molecule has 1 aromatic heterocycles. The minimum Gasteiger partial charge on any atom is -0.480 e. The molecule has 3 rings (SSSR count). The number of ether oxygens (including phenoxy) is 1. The maximum Gasteiger partial charge on any atom is 0.268 e. The lowest BCUT2D eigenvalue weighted by atomic mass is 10.1. The van der Waals surface area contributed by atoms with Gasteiger partial charge < -0.3 is 14.6 Å². The van der Waals surface area contributed by atoms with E-state index >= 15 is 0 Å². The average Bonchev–Trinajstić information content (AvgIpc) is 3.13. The molecule has 0 fully saturated rings. The Bertz CT molecular complexity index is 629. The molecule has 22 heavy (non-hydrogen) atoms. The van der Waals surface area contributed by atoms with Crippen molar-refractivity contribution >= 4 is 5.91 Å². The number of carbonyl (C=O) groups excluding carboxylic acids is 1. The Morgan fingerprint density at radius 3 is 3.09 bits per heavy atom. The summed E-state index contributed by atoms with van der Waals surface area (Å²) in [7, 11) is 0. The van der Waals surface area contributed by atoms with Crippen molar-refractivity contribution in [2.45, 2.75) is 38.7 Å². The molecule has 0 radical (unpaired) electrons. The Kier molecular flexibility index (Phi) is 4.37. The Hall–Kier alpha value is -2.37. The zero-order valence-electron chi connectivity index (χ0n) is 12.5. The van der Waals surface area contributed by atoms with E-state index < -0.39 is 0 Å². The average molecular weight is 301 g/mol. The molecule has 0 saturated carbocycles. The quantitative estimate of drug-likeness (QED) is 0.828. The van der Waals surface area contributed by atoms with Crippen LogP contribution in [-0.2, 0) is 17.6 Å². The van der Waals surface area contributed by atoms with Crippen LogP contribution in [0.3, 0.4) is 0 Å². The third kappa shape index (κ3) is 3.27. The number of nitrogens with one attached hydrogen (secondary N) is 1. The van der Waals surface area contributed by atoms with Crippen LogP contribution in [0.4, 0.5) is 0 Å². The van der Waals surface area contributed by atoms with Crippen molar-refractivity contribution in [2.75, 3.05) is 6.54 Å². The van der Waals surface area contributed by atoms with Gasteiger partial charge in [-0.15, -0.1) is 0 Å². The van der Waals surface area contributed by atoms with Crippen LogP contribution < -0.4 is 10.1 Å². The highest BCUT2D eigenvalue weighted by Gasteiger charge is 2.29. The van der Waals surface area contributed by atoms with E-state index in [1.165, 1.54) is 0 Å². The summed E-state index contributed by atoms with van der Waals surface area (Å²) < 4.78 is 11.0. The third-order valence-electron chi connectivity index (χ3n) is 3.58. The van der Waals surface area contributed by atoms with Gasteiger partial charge in [-0.2, -0.15) is 4.98 Å². The smallest absolute Gasteiger partial charge is 0.268 e. The molecule has 0 bridgehead atoms. The van der Waals surface area contributed by atoms with Crippen molar-refractivity contribution in [3.63, 3.8) is 0 Å². The number of hydrogen-bond donors (Lipinski definition) is 1. The fraction of sp³-hybridized carbons (Fsp3) is 0.438. The van der Waals surface area contributed by atoms with E-state index in [9.17, 15) is 4.79 Å². The number of hydrogen-bond acceptors (Lipinski definition) is 5. The number of aromatic nitrogens is 2. The van der Waals surface area contributed by atoms with E-state index in [0.29, 0.717) is 24.7 Å². The topological polar surface area (TPSA) is 77.2 Å². The number of fused-ring (bicyclic) bond motifs is 1. The lowest BCUT2D eigenvalue weighted by Crippen LogP contribution is -2.26. The number of unbranched alkanes of at least 4 members (excludes halogenated alkanes) is 1. The summed E-state index contributed by atoms with van der Waals surface area (Å²) in [5, 5.41) is 6.70. The standard InChI is InChI=1S/C16H19N3O3/c1-2-3-8-17-15(20)10-14-18-16(22-19-14)13-9-11-6-4-5-7-12(11)21-13/h4-7,13H,2-3,8-10H2,1H3,(H,17,20)/t13-/m0/s1. The minimum atomic E-state index is -0.262. The summed E-state index contributed by atoms with van der Waals surface area (Å²) in [5.74, 6) is 1.58. The summed E-state index contributed by atoms with van der Waals surface area (Å²) in [6.45, 7) is 2.76. The fourth-order valence-corrected chi connectivity index (χ4v) is 2.40. The van der Waals surface area contributed by atoms with Gasteiger partial charge in [-0.25, -0.2) is 0 Å². The molecule has 0 aliphatic carbocycles. The van der Waals surface area contributed by atoms with E-state index in [1.54, 1.807) is 0 Å². The first-order chi connectivity index (χ1) is 10.8. The molecule has 1 amide bonds. The van der Waals surface area contributed by atoms with Gasteiger partial charge >= 0.3 is 0 Å². The number of benzene rings is 1. The molecule has 0 spiro atoms. The number of amides is 1. The molecule has 116 valence electrons. The molecule has 2 aromatic rings. The zero-order valence-corrected chi connectivity index (χ0v) is 12.5. The number of rotatable bonds is 6. The normalized spacial score (nSPS) is 16.1. The molecular weight excluding hydrogens is 282 g/mol. The highest BCUT2D eigenvalue weighted by atomic mass is 16.5. The monoisotopic (exact) mass is 301 g/mol. The predicted molar refractivity (Wildman–Crippen MR) is 79.4 cm³/mol. The second kappa shape index (κ2) is 6.60. The van der Waals surface area contributed by atoms with Crippen molar-refractivity contribution in [1.82, 2.24) is 15.5 Å². The Labute approximate surface area is 128 Å². The van der Waals surface area contributed by atoms with Gasteiger partial charge in [-0.05, 0) is 18.1 Å². The lowest BCUT2D eigenvalue weighted by molar-refractivity contribution is -0.120. The van der Waals surface area contributed by atoms with E-state index in [0.717, 1.165) is 24.2 Å². The Balaban J connectivity index is 1.57. The molecule has 2 heterocycles. The van der Waals surface area contributed by atoms with E-state index in [2.05, 4.69) is 22.4 Å². The fourth-order valence-electron chi connectivity index (χ4n) is 2.40. The number of carbonyl (C=O) groups is 1. The van der Waals surface area contributed by atoms with Crippen LogP contribution >= 0.6 is 0 Å². The molecule has 1 atom stereocenters. The molecule has 0 unspecified atom stereocenters. The van der Waals surface area contributed by atoms with Crippen molar-refractivity contribution in [2.24, 2.45) is 0 Å². The number of nitrogens with zero attached hydrogens (tertiary/aromatic N) is 2. The van der Waals surface area contributed by atoms with Crippen molar-refractivity contribution < 1.29 is 14.1 Å². The first-order valence-corrected chi connectivity index (χ1v) is 7.60. The molecule has 1 aliphatic heterocycles. The lowest BCUT2D eigenvalue weighted by Gasteiger charge is -2.04. The van der Waals surface area contributed by atoms with Gasteiger partial charge in [0, 0.05) is 13.0 Å². The van der Waals surface area contributed by atoms with Gasteiger partial charge in [-0.3, -0.25) is 4.79 Å². The Morgan fingerprint density at radius 1 is 1.41 bits per heavy atom. The van der Waals surface area contributed by atoms with Crippen LogP contribution in [0.1, 0.15) is 43.1 Å². The summed E-state index contributed by atoms with van der Waals surface area (Å²) in [4.78, 5) is 16.0. The molecule has 1 aromatic carbocycles. The van der Waals surface area contributed by atoms with Crippen LogP contribution in [0.2, 0.25) is 0 Å². The second-order valence-corrected chi connectivity index (χ2v) is 5.35. The van der Waals surface area contributed by atoms with Crippen molar-refractivity contribution in [1.29, 1.82) is 0 Å². The second-order valence-electron chi connectivity index (χ2n) is 5.35. The summed E-state index contributed by atoms with van der Waals surface area (Å²) in [6, 6.07) is 7.85. The van der Waals surface area contributed by atoms with Gasteiger partial charge in [0.2, 0.25) is 5.91 Å². The van der Waals surface area contributed by atoms with Crippen LogP contribution in [-0.4, -0.2) is 22.6 Å². The number of para-hydroxylation sites is 1. The third-order valence-corrected chi connectivity index (χ3v) is 3.58. The van der Waals surface area contributed by atoms with E-state index in [-0.39, 0.29) is 18.4 Å². The zero-order chi connectivity index (χ0) is 15.4. The maximum atomic E-state index is 11.7. The first kappa shape index (κ1) is 14.6. The highest BCUT2D eigenvalue weighted by Crippen LogP contribution is 2.35. The largest absolute Gasteiger partial charge is 0.480 e. The maximum absolute atomic E-state index is 11.7. The van der Waals surface area contributed by atoms with Crippen LogP contribution in [0, 0.1) is 0 Å². The SMILES string of the molecule is CCCCNC(=O)Cc1noc([C@@H]2Cc3ccccc3O2)n1. The van der Waals surface area contributed by atoms with E-state index in [4.69, 9.17) is 9.26 Å². The molecular formula is C16H19N3O3. The molecule has 1 aliphatic rings. The van der Waals surface area contributed by atoms with Gasteiger partial charge in [0.25, 0.3) is 5.89 Å². The van der Waals surface area contributed by atoms with Crippen LogP contribution in [0.25, 0.3) is 0 Å². The van der Waals surface area contributed by atoms with Crippen LogP contribution in [0.5, 0.6) is 5.75 Å². The molecule has 6 heteroatoms. The van der Waals surface area contributed by atoms with Gasteiger partial charge in [0.05, 0.1) is 6.42 Å². The first-order valence-electron chi connectivity index (χ1n) is 7.60. The van der Waals surface area contributed by atoms with Gasteiger partial charge in [0.15, 0.2) is 11.9 Å². The molecule has 1 N–H and O–H groups in total. The van der Waals surface area contributed by atoms with Crippen LogP contribution in [0.15, 0.2) is 28.8 Å². The molecule has 0 saturated heterocycles. The highest BCUT2D eigenvalue weighted by molar-refractivity contribution is 5.77. The van der Waals surface area contributed by atoms with Crippen molar-refractivity contribution in [3.05, 3.63) is 41.5 Å². The summed E-state index contributed by atoms with van der Waals surface area (Å²) >= 11 is 0. The molecule has 6 nitrogen and oxygen atoms in total. The van der Waals surface area contributed by atoms with Gasteiger partial charge in [0.1, 0.15) is 5.75 Å². The predicted octanol–water partition coefficient (Wildman–Crippen LogP) is 2.20. The van der Waals surface area contributed by atoms with Gasteiger partial charge in [-0.1, -0.05) is 36.7 Å². The summed E-state index contributed by atoms with van der Waals surface area (Å²) in [5.41, 5.74) is 1.13. The van der Waals surface area contributed by atoms with Crippen molar-refractivity contribution in [3.8, 4) is 5.75 Å². The summed E-state index contributed by atoms with van der Waals surface area (Å²) in [6.07, 6.45) is 2.60. The Morgan fingerprint density at radius 2 is 2.27 bits per heavy atom. The van der Waals surface area contributed by atoms with E-state index in [1.807, 2.05) is 24.3 Å². The minimum absolute atomic E-state index is 0.0866.